The molecule has 0 aliphatic carbocycles. The number of nitrogens with zero attached hydrogens (tertiary/aromatic N) is 2. The molecular weight excluding hydrogens is 340 g/mol. The Morgan fingerprint density at radius 3 is 2.64 bits per heavy atom. The lowest BCUT2D eigenvalue weighted by Gasteiger charge is -2.20. The van der Waals surface area contributed by atoms with Crippen LogP contribution in [0.3, 0.4) is 0 Å². The standard InChI is InChI=1S/C18H22N2O4S/c1-2-3-4-7-10-25-18-11-14(21)12-19(13-17(18)22)15-8-5-6-9-16(15)20(23)24/h5-6,8-9,11H,2-4,7,10,12-13H2,1H3. The van der Waals surface area contributed by atoms with Crippen molar-refractivity contribution in [3.05, 3.63) is 45.4 Å². The third-order valence-corrected chi connectivity index (χ3v) is 5.07. The highest BCUT2D eigenvalue weighted by atomic mass is 32.2. The van der Waals surface area contributed by atoms with Gasteiger partial charge in [-0.15, -0.1) is 11.8 Å². The quantitative estimate of drug-likeness (QED) is 0.398. The van der Waals surface area contributed by atoms with Gasteiger partial charge in [-0.2, -0.15) is 0 Å². The van der Waals surface area contributed by atoms with Crippen LogP contribution in [0.25, 0.3) is 0 Å². The first-order chi connectivity index (χ1) is 12.0. The van der Waals surface area contributed by atoms with Crippen molar-refractivity contribution in [1.29, 1.82) is 0 Å². The lowest BCUT2D eigenvalue weighted by Crippen LogP contribution is -2.32. The minimum absolute atomic E-state index is 0.0234. The van der Waals surface area contributed by atoms with E-state index < -0.39 is 4.92 Å². The first-order valence-electron chi connectivity index (χ1n) is 8.41. The first kappa shape index (κ1) is 19.2. The van der Waals surface area contributed by atoms with Crippen molar-refractivity contribution in [2.45, 2.75) is 32.6 Å². The molecule has 0 saturated carbocycles. The van der Waals surface area contributed by atoms with Crippen LogP contribution in [-0.4, -0.2) is 35.3 Å². The number of carbonyl (C=O) groups is 2. The molecule has 0 saturated heterocycles. The zero-order valence-corrected chi connectivity index (χ0v) is 15.1. The van der Waals surface area contributed by atoms with Crippen molar-refractivity contribution in [2.75, 3.05) is 23.7 Å². The summed E-state index contributed by atoms with van der Waals surface area (Å²) in [5.41, 5.74) is 0.204. The SMILES string of the molecule is CCCCCCSC1=CC(=O)CN(c2ccccc2[N+](=O)[O-])CC1=O. The molecule has 0 amide bonds. The fraction of sp³-hybridized carbons (Fsp3) is 0.444. The molecule has 0 radical (unpaired) electrons. The van der Waals surface area contributed by atoms with Crippen LogP contribution in [0, 0.1) is 10.1 Å². The Kier molecular flexibility index (Phi) is 7.18. The number of para-hydroxylation sites is 2. The van der Waals surface area contributed by atoms with Gasteiger partial charge in [-0.25, -0.2) is 0 Å². The van der Waals surface area contributed by atoms with Gasteiger partial charge in [0.05, 0.1) is 22.9 Å². The van der Waals surface area contributed by atoms with Crippen LogP contribution >= 0.6 is 11.8 Å². The van der Waals surface area contributed by atoms with E-state index in [1.54, 1.807) is 18.2 Å². The molecule has 1 aromatic rings. The number of Topliss-reactive ketones (excluding diaryl/α,β-unsaturated/α-hetero) is 1. The van der Waals surface area contributed by atoms with Crippen LogP contribution in [0.2, 0.25) is 0 Å². The molecule has 134 valence electrons. The third-order valence-electron chi connectivity index (χ3n) is 3.92. The number of carbonyl (C=O) groups excluding carboxylic acids is 2. The van der Waals surface area contributed by atoms with Crippen molar-refractivity contribution >= 4 is 34.7 Å². The zero-order valence-electron chi connectivity index (χ0n) is 14.3. The van der Waals surface area contributed by atoms with E-state index in [1.807, 2.05) is 0 Å². The molecule has 1 aromatic carbocycles. The maximum absolute atomic E-state index is 12.5. The van der Waals surface area contributed by atoms with Gasteiger partial charge in [0.15, 0.2) is 11.6 Å². The lowest BCUT2D eigenvalue weighted by atomic mass is 10.2. The summed E-state index contributed by atoms with van der Waals surface area (Å²) in [4.78, 5) is 37.3. The number of hydrogen-bond donors (Lipinski definition) is 0. The van der Waals surface area contributed by atoms with Gasteiger partial charge in [0.2, 0.25) is 0 Å². The highest BCUT2D eigenvalue weighted by Gasteiger charge is 2.26. The van der Waals surface area contributed by atoms with E-state index >= 15 is 0 Å². The molecule has 0 unspecified atom stereocenters. The molecule has 2 rings (SSSR count). The van der Waals surface area contributed by atoms with E-state index in [-0.39, 0.29) is 30.3 Å². The number of rotatable bonds is 8. The Bertz CT molecular complexity index is 687. The fourth-order valence-corrected chi connectivity index (χ4v) is 3.67. The maximum atomic E-state index is 12.5. The van der Waals surface area contributed by atoms with Gasteiger partial charge in [-0.05, 0) is 18.2 Å². The average molecular weight is 362 g/mol. The molecule has 1 aliphatic rings. The third kappa shape index (κ3) is 5.42. The second kappa shape index (κ2) is 9.36. The Morgan fingerprint density at radius 2 is 1.92 bits per heavy atom. The molecule has 7 heteroatoms. The van der Waals surface area contributed by atoms with Gasteiger partial charge in [-0.1, -0.05) is 38.3 Å². The summed E-state index contributed by atoms with van der Waals surface area (Å²) in [6.07, 6.45) is 5.82. The van der Waals surface area contributed by atoms with Crippen LogP contribution < -0.4 is 4.90 Å². The average Bonchev–Trinajstić information content (AvgIpc) is 2.73. The normalized spacial score (nSPS) is 15.1. The molecule has 1 heterocycles. The van der Waals surface area contributed by atoms with E-state index in [0.29, 0.717) is 10.6 Å². The van der Waals surface area contributed by atoms with Crippen LogP contribution in [-0.2, 0) is 9.59 Å². The van der Waals surface area contributed by atoms with E-state index in [1.165, 1.54) is 28.8 Å². The van der Waals surface area contributed by atoms with Crippen LogP contribution in [0.15, 0.2) is 35.2 Å². The van der Waals surface area contributed by atoms with Crippen molar-refractivity contribution in [3.8, 4) is 0 Å². The van der Waals surface area contributed by atoms with Gasteiger partial charge >= 0.3 is 0 Å². The minimum Gasteiger partial charge on any atom is -0.351 e. The molecule has 1 aliphatic heterocycles. The largest absolute Gasteiger partial charge is 0.351 e. The van der Waals surface area contributed by atoms with Gasteiger partial charge in [-0.3, -0.25) is 19.7 Å². The number of anilines is 1. The number of hydrogen-bond acceptors (Lipinski definition) is 6. The second-order valence-electron chi connectivity index (χ2n) is 5.91. The summed E-state index contributed by atoms with van der Waals surface area (Å²) in [6, 6.07) is 6.19. The number of thioether (sulfide) groups is 1. The number of nitro groups is 1. The Labute approximate surface area is 151 Å². The minimum atomic E-state index is -0.494. The molecule has 25 heavy (non-hydrogen) atoms. The smallest absolute Gasteiger partial charge is 0.292 e. The van der Waals surface area contributed by atoms with Crippen molar-refractivity contribution in [3.63, 3.8) is 0 Å². The number of unbranched alkanes of at least 4 members (excludes halogenated alkanes) is 3. The summed E-state index contributed by atoms with van der Waals surface area (Å²) >= 11 is 1.41. The highest BCUT2D eigenvalue weighted by Crippen LogP contribution is 2.30. The zero-order chi connectivity index (χ0) is 18.2. The van der Waals surface area contributed by atoms with Gasteiger partial charge in [0.25, 0.3) is 5.69 Å². The van der Waals surface area contributed by atoms with Crippen LogP contribution in [0.5, 0.6) is 0 Å². The summed E-state index contributed by atoms with van der Waals surface area (Å²) in [6.45, 7) is 2.08. The molecule has 6 nitrogen and oxygen atoms in total. The van der Waals surface area contributed by atoms with Gasteiger partial charge < -0.3 is 4.90 Å². The van der Waals surface area contributed by atoms with E-state index in [4.69, 9.17) is 0 Å². The van der Waals surface area contributed by atoms with Crippen LogP contribution in [0.1, 0.15) is 32.6 Å². The molecule has 0 atom stereocenters. The molecule has 0 fully saturated rings. The predicted octanol–water partition coefficient (Wildman–Crippen LogP) is 3.75. The van der Waals surface area contributed by atoms with Crippen molar-refractivity contribution < 1.29 is 14.5 Å². The number of benzene rings is 1. The summed E-state index contributed by atoms with van der Waals surface area (Å²) in [5.74, 6) is 0.431. The number of ketones is 2. The molecular formula is C18H22N2O4S. The fourth-order valence-electron chi connectivity index (χ4n) is 2.66. The summed E-state index contributed by atoms with van der Waals surface area (Å²) < 4.78 is 0. The topological polar surface area (TPSA) is 80.5 Å². The second-order valence-corrected chi connectivity index (χ2v) is 7.05. The Balaban J connectivity index is 2.08. The van der Waals surface area contributed by atoms with Gasteiger partial charge in [0, 0.05) is 12.1 Å². The number of nitro benzene ring substituents is 1. The van der Waals surface area contributed by atoms with Crippen LogP contribution in [0.4, 0.5) is 11.4 Å². The maximum Gasteiger partial charge on any atom is 0.292 e. The predicted molar refractivity (Wildman–Crippen MR) is 100 cm³/mol. The van der Waals surface area contributed by atoms with Gasteiger partial charge in [0.1, 0.15) is 5.69 Å². The van der Waals surface area contributed by atoms with E-state index in [2.05, 4.69) is 6.92 Å². The van der Waals surface area contributed by atoms with E-state index in [0.717, 1.165) is 31.4 Å². The lowest BCUT2D eigenvalue weighted by molar-refractivity contribution is -0.384. The summed E-state index contributed by atoms with van der Waals surface area (Å²) in [5, 5.41) is 11.2. The highest BCUT2D eigenvalue weighted by molar-refractivity contribution is 8.04. The van der Waals surface area contributed by atoms with E-state index in [9.17, 15) is 19.7 Å². The first-order valence-corrected chi connectivity index (χ1v) is 9.40. The molecule has 0 N–H and O–H groups in total. The summed E-state index contributed by atoms with van der Waals surface area (Å²) in [7, 11) is 0. The molecule has 0 bridgehead atoms. The van der Waals surface area contributed by atoms with Crippen molar-refractivity contribution in [1.82, 2.24) is 0 Å². The molecule has 0 aromatic heterocycles. The van der Waals surface area contributed by atoms with Crippen molar-refractivity contribution in [2.24, 2.45) is 0 Å². The molecule has 0 spiro atoms. The Hall–Kier alpha value is -2.15. The monoisotopic (exact) mass is 362 g/mol. The Morgan fingerprint density at radius 1 is 1.16 bits per heavy atom.